The van der Waals surface area contributed by atoms with Crippen LogP contribution in [0.1, 0.15) is 23.2 Å². The summed E-state index contributed by atoms with van der Waals surface area (Å²) >= 11 is 1.42. The number of thiazole rings is 1. The molecule has 0 saturated carbocycles. The molecule has 0 saturated heterocycles. The van der Waals surface area contributed by atoms with Crippen LogP contribution in [0.5, 0.6) is 0 Å². The first-order valence-corrected chi connectivity index (χ1v) is 5.28. The maximum Gasteiger partial charge on any atom is 0.306 e. The van der Waals surface area contributed by atoms with Gasteiger partial charge in [0.05, 0.1) is 29.5 Å². The normalized spacial score (nSPS) is 10.1. The van der Waals surface area contributed by atoms with Gasteiger partial charge in [0, 0.05) is 12.6 Å². The Morgan fingerprint density at radius 2 is 2.50 bits per heavy atom. The summed E-state index contributed by atoms with van der Waals surface area (Å²) in [5.74, 6) is -0.201. The molecule has 0 aromatic carbocycles. The average molecular weight is 215 g/mol. The topological polar surface area (TPSA) is 59.4 Å². The molecule has 0 spiro atoms. The van der Waals surface area contributed by atoms with Gasteiger partial charge in [0.1, 0.15) is 0 Å². The fourth-order valence-electron chi connectivity index (χ4n) is 0.979. The standard InChI is InChI=1S/C9H13NO3S/c1-2-13-9(12)4-3-8-10-5-7(6-11)14-8/h5,11H,2-4,6H2,1H3. The lowest BCUT2D eigenvalue weighted by molar-refractivity contribution is -0.143. The van der Waals surface area contributed by atoms with E-state index in [2.05, 4.69) is 4.98 Å². The van der Waals surface area contributed by atoms with Crippen molar-refractivity contribution in [1.29, 1.82) is 0 Å². The van der Waals surface area contributed by atoms with Crippen LogP contribution in [0.3, 0.4) is 0 Å². The number of hydrogen-bond acceptors (Lipinski definition) is 5. The summed E-state index contributed by atoms with van der Waals surface area (Å²) in [6.45, 7) is 2.21. The number of aliphatic hydroxyl groups excluding tert-OH is 1. The predicted octanol–water partition coefficient (Wildman–Crippen LogP) is 1.13. The number of aromatic nitrogens is 1. The van der Waals surface area contributed by atoms with Gasteiger partial charge in [0.25, 0.3) is 0 Å². The van der Waals surface area contributed by atoms with Crippen molar-refractivity contribution in [3.63, 3.8) is 0 Å². The monoisotopic (exact) mass is 215 g/mol. The van der Waals surface area contributed by atoms with Gasteiger partial charge in [-0.25, -0.2) is 4.98 Å². The smallest absolute Gasteiger partial charge is 0.306 e. The minimum atomic E-state index is -0.201. The van der Waals surface area contributed by atoms with Crippen LogP contribution in [0.25, 0.3) is 0 Å². The van der Waals surface area contributed by atoms with Gasteiger partial charge in [-0.1, -0.05) is 0 Å². The van der Waals surface area contributed by atoms with Crippen LogP contribution in [-0.4, -0.2) is 22.7 Å². The first-order chi connectivity index (χ1) is 6.76. The van der Waals surface area contributed by atoms with E-state index in [9.17, 15) is 4.79 Å². The summed E-state index contributed by atoms with van der Waals surface area (Å²) in [7, 11) is 0. The van der Waals surface area contributed by atoms with Crippen molar-refractivity contribution < 1.29 is 14.6 Å². The molecule has 0 aliphatic carbocycles. The number of hydrogen-bond donors (Lipinski definition) is 1. The average Bonchev–Trinajstić information content (AvgIpc) is 2.63. The summed E-state index contributed by atoms with van der Waals surface area (Å²) in [4.78, 5) is 15.9. The summed E-state index contributed by atoms with van der Waals surface area (Å²) < 4.78 is 4.79. The quantitative estimate of drug-likeness (QED) is 0.748. The van der Waals surface area contributed by atoms with Crippen LogP contribution in [-0.2, 0) is 22.6 Å². The molecule has 1 N–H and O–H groups in total. The van der Waals surface area contributed by atoms with E-state index >= 15 is 0 Å². The third-order valence-electron chi connectivity index (χ3n) is 1.61. The van der Waals surface area contributed by atoms with Crippen LogP contribution in [0.15, 0.2) is 6.20 Å². The van der Waals surface area contributed by atoms with Gasteiger partial charge in [0.15, 0.2) is 0 Å². The lowest BCUT2D eigenvalue weighted by Crippen LogP contribution is -2.04. The van der Waals surface area contributed by atoms with Crippen molar-refractivity contribution in [2.75, 3.05) is 6.61 Å². The number of rotatable bonds is 5. The van der Waals surface area contributed by atoms with E-state index in [4.69, 9.17) is 9.84 Å². The fraction of sp³-hybridized carbons (Fsp3) is 0.556. The van der Waals surface area contributed by atoms with Crippen LogP contribution in [0.2, 0.25) is 0 Å². The van der Waals surface area contributed by atoms with Gasteiger partial charge in [-0.3, -0.25) is 4.79 Å². The third-order valence-corrected chi connectivity index (χ3v) is 2.65. The molecule has 0 atom stereocenters. The van der Waals surface area contributed by atoms with Gasteiger partial charge in [0.2, 0.25) is 0 Å². The zero-order valence-corrected chi connectivity index (χ0v) is 8.84. The zero-order valence-electron chi connectivity index (χ0n) is 8.02. The largest absolute Gasteiger partial charge is 0.466 e. The Kier molecular flexibility index (Phi) is 4.55. The van der Waals surface area contributed by atoms with Crippen molar-refractivity contribution in [1.82, 2.24) is 4.98 Å². The lowest BCUT2D eigenvalue weighted by Gasteiger charge is -1.98. The molecular formula is C9H13NO3S. The number of aliphatic hydroxyl groups is 1. The number of carbonyl (C=O) groups excluding carboxylic acids is 1. The van der Waals surface area contributed by atoms with E-state index in [-0.39, 0.29) is 12.6 Å². The van der Waals surface area contributed by atoms with Gasteiger partial charge >= 0.3 is 5.97 Å². The molecule has 14 heavy (non-hydrogen) atoms. The summed E-state index contributed by atoms with van der Waals surface area (Å²) in [6, 6.07) is 0. The first-order valence-electron chi connectivity index (χ1n) is 4.46. The van der Waals surface area contributed by atoms with Crippen LogP contribution in [0, 0.1) is 0 Å². The van der Waals surface area contributed by atoms with Gasteiger partial charge in [-0.2, -0.15) is 0 Å². The van der Waals surface area contributed by atoms with E-state index in [0.717, 1.165) is 9.88 Å². The van der Waals surface area contributed by atoms with Crippen molar-refractivity contribution in [3.05, 3.63) is 16.1 Å². The molecular weight excluding hydrogens is 202 g/mol. The second-order valence-electron chi connectivity index (χ2n) is 2.68. The molecule has 0 amide bonds. The minimum Gasteiger partial charge on any atom is -0.466 e. The molecule has 1 aromatic rings. The molecule has 4 nitrogen and oxygen atoms in total. The molecule has 1 heterocycles. The van der Waals surface area contributed by atoms with E-state index in [1.165, 1.54) is 11.3 Å². The molecule has 0 bridgehead atoms. The maximum atomic E-state index is 11.0. The molecule has 0 aliphatic rings. The number of carbonyl (C=O) groups is 1. The summed E-state index contributed by atoms with van der Waals surface area (Å²) in [5, 5.41) is 9.65. The van der Waals surface area contributed by atoms with E-state index in [1.807, 2.05) is 0 Å². The Morgan fingerprint density at radius 1 is 1.71 bits per heavy atom. The highest BCUT2D eigenvalue weighted by atomic mass is 32.1. The molecule has 1 rings (SSSR count). The van der Waals surface area contributed by atoms with E-state index < -0.39 is 0 Å². The number of nitrogens with zero attached hydrogens (tertiary/aromatic N) is 1. The fourth-order valence-corrected chi connectivity index (χ4v) is 1.76. The van der Waals surface area contributed by atoms with Gasteiger partial charge < -0.3 is 9.84 Å². The first kappa shape index (κ1) is 11.1. The van der Waals surface area contributed by atoms with Crippen molar-refractivity contribution in [2.45, 2.75) is 26.4 Å². The highest BCUT2D eigenvalue weighted by Crippen LogP contribution is 2.14. The zero-order chi connectivity index (χ0) is 10.4. The molecule has 0 radical (unpaired) electrons. The lowest BCUT2D eigenvalue weighted by atomic mass is 10.3. The molecule has 78 valence electrons. The van der Waals surface area contributed by atoms with Crippen LogP contribution >= 0.6 is 11.3 Å². The van der Waals surface area contributed by atoms with Crippen LogP contribution < -0.4 is 0 Å². The summed E-state index contributed by atoms with van der Waals surface area (Å²) in [5.41, 5.74) is 0. The number of esters is 1. The van der Waals surface area contributed by atoms with Crippen molar-refractivity contribution >= 4 is 17.3 Å². The Hall–Kier alpha value is -0.940. The second kappa shape index (κ2) is 5.72. The Balaban J connectivity index is 2.34. The van der Waals surface area contributed by atoms with Gasteiger partial charge in [-0.15, -0.1) is 11.3 Å². The van der Waals surface area contributed by atoms with E-state index in [0.29, 0.717) is 19.4 Å². The second-order valence-corrected chi connectivity index (χ2v) is 3.88. The Labute approximate surface area is 86.6 Å². The SMILES string of the molecule is CCOC(=O)CCc1ncc(CO)s1. The number of ether oxygens (including phenoxy) is 1. The highest BCUT2D eigenvalue weighted by Gasteiger charge is 2.05. The third kappa shape index (κ3) is 3.43. The minimum absolute atomic E-state index is 0.0110. The number of aryl methyl sites for hydroxylation is 1. The molecule has 0 aliphatic heterocycles. The molecule has 1 aromatic heterocycles. The van der Waals surface area contributed by atoms with Crippen LogP contribution in [0.4, 0.5) is 0 Å². The van der Waals surface area contributed by atoms with Crippen molar-refractivity contribution in [3.8, 4) is 0 Å². The van der Waals surface area contributed by atoms with Gasteiger partial charge in [-0.05, 0) is 6.92 Å². The predicted molar refractivity (Wildman–Crippen MR) is 53.0 cm³/mol. The highest BCUT2D eigenvalue weighted by molar-refractivity contribution is 7.11. The Morgan fingerprint density at radius 3 is 3.07 bits per heavy atom. The summed E-state index contributed by atoms with van der Waals surface area (Å²) in [6.07, 6.45) is 2.57. The molecule has 0 fully saturated rings. The van der Waals surface area contributed by atoms with Crippen molar-refractivity contribution in [2.24, 2.45) is 0 Å². The maximum absolute atomic E-state index is 11.0. The van der Waals surface area contributed by atoms with E-state index in [1.54, 1.807) is 13.1 Å². The molecule has 0 unspecified atom stereocenters. The Bertz CT molecular complexity index is 298. The molecule has 5 heteroatoms.